The number of halogens is 3. The third-order valence-electron chi connectivity index (χ3n) is 7.45. The maximum absolute atomic E-state index is 14.1. The fourth-order valence-electron chi connectivity index (χ4n) is 4.94. The number of nitrogens with zero attached hydrogens (tertiary/aromatic N) is 6. The van der Waals surface area contributed by atoms with Crippen LogP contribution in [0.15, 0.2) is 65.9 Å². The summed E-state index contributed by atoms with van der Waals surface area (Å²) in [6, 6.07) is 12.2. The lowest BCUT2D eigenvalue weighted by atomic mass is 10.0. The lowest BCUT2D eigenvalue weighted by Crippen LogP contribution is -2.44. The normalized spacial score (nSPS) is 14.5. The van der Waals surface area contributed by atoms with Gasteiger partial charge in [0, 0.05) is 75.2 Å². The minimum atomic E-state index is -4.58. The Labute approximate surface area is 258 Å². The van der Waals surface area contributed by atoms with Gasteiger partial charge in [-0.2, -0.15) is 18.2 Å². The first-order valence-corrected chi connectivity index (χ1v) is 14.2. The Kier molecular flexibility index (Phi) is 9.40. The number of pyridine rings is 1. The molecule has 0 atom stereocenters. The summed E-state index contributed by atoms with van der Waals surface area (Å²) in [6.07, 6.45) is 0.0861. The highest BCUT2D eigenvalue weighted by Crippen LogP contribution is 2.35. The Morgan fingerprint density at radius 1 is 1.11 bits per heavy atom. The van der Waals surface area contributed by atoms with Gasteiger partial charge in [-0.15, -0.1) is 0 Å². The summed E-state index contributed by atoms with van der Waals surface area (Å²) in [5.41, 5.74) is 7.39. The number of anilines is 2. The highest BCUT2D eigenvalue weighted by molar-refractivity contribution is 6.05. The number of ether oxygens (including phenoxy) is 1. The van der Waals surface area contributed by atoms with Crippen LogP contribution in [0.2, 0.25) is 0 Å². The molecule has 0 saturated carbocycles. The van der Waals surface area contributed by atoms with E-state index in [4.69, 9.17) is 10.5 Å². The highest BCUT2D eigenvalue weighted by Gasteiger charge is 2.34. The molecule has 1 aliphatic rings. The number of likely N-dealkylation sites (N-methyl/N-ethyl adjacent to an activating group) is 1. The number of aliphatic imine (C=N–C) groups is 1. The average Bonchev–Trinajstić information content (AvgIpc) is 3.01. The minimum absolute atomic E-state index is 0.0336. The van der Waals surface area contributed by atoms with E-state index in [1.165, 1.54) is 24.4 Å². The van der Waals surface area contributed by atoms with Crippen molar-refractivity contribution in [2.24, 2.45) is 4.99 Å². The zero-order valence-electron chi connectivity index (χ0n) is 25.1. The number of nitrogens with two attached hydrogens (primary N) is 1. The van der Waals surface area contributed by atoms with E-state index in [0.717, 1.165) is 19.2 Å². The molecule has 2 aromatic carbocycles. The first kappa shape index (κ1) is 31.5. The van der Waals surface area contributed by atoms with Crippen LogP contribution in [-0.2, 0) is 12.7 Å². The summed E-state index contributed by atoms with van der Waals surface area (Å²) in [5.74, 6) is 0.182. The van der Waals surface area contributed by atoms with Crippen LogP contribution in [0.5, 0.6) is 11.6 Å². The van der Waals surface area contributed by atoms with Gasteiger partial charge in [-0.3, -0.25) is 19.7 Å². The molecule has 1 saturated heterocycles. The molecule has 1 amide bonds. The number of hydrogen-bond acceptors (Lipinski definition) is 9. The zero-order chi connectivity index (χ0) is 32.1. The second-order valence-electron chi connectivity index (χ2n) is 10.8. The van der Waals surface area contributed by atoms with Crippen LogP contribution in [0.25, 0.3) is 11.4 Å². The van der Waals surface area contributed by atoms with Crippen LogP contribution in [-0.4, -0.2) is 77.1 Å². The average molecular weight is 619 g/mol. The molecule has 0 spiro atoms. The molecule has 1 fully saturated rings. The number of nitrogen functional groups attached to an aromatic ring is 1. The second kappa shape index (κ2) is 13.4. The van der Waals surface area contributed by atoms with Gasteiger partial charge in [0.25, 0.3) is 5.91 Å². The summed E-state index contributed by atoms with van der Waals surface area (Å²) < 4.78 is 48.4. The molecule has 0 aliphatic carbocycles. The van der Waals surface area contributed by atoms with Gasteiger partial charge in [-0.1, -0.05) is 12.1 Å². The fourth-order valence-corrected chi connectivity index (χ4v) is 4.94. The molecule has 3 N–H and O–H groups in total. The second-order valence-corrected chi connectivity index (χ2v) is 10.8. The number of aromatic nitrogens is 3. The molecule has 0 unspecified atom stereocenters. The lowest BCUT2D eigenvalue weighted by molar-refractivity contribution is -0.138. The number of aryl methyl sites for hydroxylation is 1. The van der Waals surface area contributed by atoms with Crippen LogP contribution in [0.4, 0.5) is 24.7 Å². The molecule has 2 aromatic heterocycles. The van der Waals surface area contributed by atoms with Gasteiger partial charge < -0.3 is 20.7 Å². The molecule has 4 aromatic rings. The maximum Gasteiger partial charge on any atom is 0.416 e. The SMILES string of the molecule is CN=Cc1c(N)nc(-c2cccnc2)nc1Oc1ccc(C)c(C(=O)Nc2ccc(CN3CCN(C)CC3)c(C(F)(F)F)c2)c1. The molecule has 10 nitrogen and oxygen atoms in total. The monoisotopic (exact) mass is 618 g/mol. The molecule has 45 heavy (non-hydrogen) atoms. The first-order chi connectivity index (χ1) is 21.5. The summed E-state index contributed by atoms with van der Waals surface area (Å²) in [4.78, 5) is 34.5. The van der Waals surface area contributed by atoms with Crippen molar-refractivity contribution in [2.75, 3.05) is 51.3 Å². The standard InChI is InChI=1S/C32H33F3N8O2/c1-20-6-9-24(45-31-26(18-37-2)28(36)40-29(41-31)21-5-4-10-38-17-21)16-25(20)30(44)39-23-8-7-22(27(15-23)32(33,34)35)19-43-13-11-42(3)12-14-43/h4-10,15-18H,11-14,19H2,1-3H3,(H,39,44)(H2,36,40,41). The van der Waals surface area contributed by atoms with Gasteiger partial charge in [0.2, 0.25) is 5.88 Å². The van der Waals surface area contributed by atoms with Gasteiger partial charge in [-0.05, 0) is 61.5 Å². The van der Waals surface area contributed by atoms with Crippen LogP contribution >= 0.6 is 0 Å². The van der Waals surface area contributed by atoms with E-state index < -0.39 is 17.6 Å². The molecule has 13 heteroatoms. The van der Waals surface area contributed by atoms with E-state index in [1.54, 1.807) is 50.6 Å². The predicted octanol–water partition coefficient (Wildman–Crippen LogP) is 5.29. The van der Waals surface area contributed by atoms with Crippen molar-refractivity contribution in [1.82, 2.24) is 24.8 Å². The molecule has 5 rings (SSSR count). The van der Waals surface area contributed by atoms with Gasteiger partial charge >= 0.3 is 6.18 Å². The number of rotatable bonds is 8. The maximum atomic E-state index is 14.1. The summed E-state index contributed by atoms with van der Waals surface area (Å²) >= 11 is 0. The minimum Gasteiger partial charge on any atom is -0.438 e. The van der Waals surface area contributed by atoms with Gasteiger partial charge in [0.1, 0.15) is 11.6 Å². The summed E-state index contributed by atoms with van der Waals surface area (Å²) in [5, 5.41) is 2.62. The van der Waals surface area contributed by atoms with Crippen molar-refractivity contribution in [1.29, 1.82) is 0 Å². The Balaban J connectivity index is 1.39. The zero-order valence-corrected chi connectivity index (χ0v) is 25.1. The van der Waals surface area contributed by atoms with Crippen molar-refractivity contribution in [2.45, 2.75) is 19.6 Å². The van der Waals surface area contributed by atoms with E-state index in [0.29, 0.717) is 29.8 Å². The lowest BCUT2D eigenvalue weighted by Gasteiger charge is -2.33. The number of amides is 1. The molecule has 1 aliphatic heterocycles. The number of carbonyl (C=O) groups excluding carboxylic acids is 1. The molecule has 234 valence electrons. The van der Waals surface area contributed by atoms with Crippen LogP contribution in [0.3, 0.4) is 0 Å². The van der Waals surface area contributed by atoms with E-state index in [1.807, 2.05) is 11.9 Å². The van der Waals surface area contributed by atoms with Crippen LogP contribution in [0, 0.1) is 6.92 Å². The van der Waals surface area contributed by atoms with Crippen molar-refractivity contribution >= 4 is 23.6 Å². The number of benzene rings is 2. The van der Waals surface area contributed by atoms with Crippen LogP contribution in [0.1, 0.15) is 32.6 Å². The van der Waals surface area contributed by atoms with Gasteiger partial charge in [0.05, 0.1) is 11.1 Å². The Morgan fingerprint density at radius 3 is 2.58 bits per heavy atom. The molecule has 0 bridgehead atoms. The predicted molar refractivity (Wildman–Crippen MR) is 167 cm³/mol. The van der Waals surface area contributed by atoms with Crippen molar-refractivity contribution in [3.8, 4) is 23.0 Å². The third kappa shape index (κ3) is 7.62. The smallest absolute Gasteiger partial charge is 0.416 e. The van der Waals surface area contributed by atoms with Crippen molar-refractivity contribution in [3.63, 3.8) is 0 Å². The number of alkyl halides is 3. The number of hydrogen-bond donors (Lipinski definition) is 2. The summed E-state index contributed by atoms with van der Waals surface area (Å²) in [7, 11) is 3.55. The van der Waals surface area contributed by atoms with E-state index in [2.05, 4.69) is 30.2 Å². The van der Waals surface area contributed by atoms with Crippen molar-refractivity contribution in [3.05, 3.63) is 88.7 Å². The van der Waals surface area contributed by atoms with Gasteiger partial charge in [0.15, 0.2) is 5.82 Å². The number of piperazine rings is 1. The number of carbonyl (C=O) groups is 1. The quantitative estimate of drug-likeness (QED) is 0.256. The van der Waals surface area contributed by atoms with Gasteiger partial charge in [-0.25, -0.2) is 4.98 Å². The largest absolute Gasteiger partial charge is 0.438 e. The third-order valence-corrected chi connectivity index (χ3v) is 7.45. The number of nitrogens with one attached hydrogen (secondary N) is 1. The highest BCUT2D eigenvalue weighted by atomic mass is 19.4. The Hall–Kier alpha value is -4.88. The molecular formula is C32H33F3N8O2. The molecule has 3 heterocycles. The van der Waals surface area contributed by atoms with E-state index in [-0.39, 0.29) is 46.6 Å². The Morgan fingerprint density at radius 2 is 1.89 bits per heavy atom. The molecule has 0 radical (unpaired) electrons. The van der Waals surface area contributed by atoms with Crippen molar-refractivity contribution < 1.29 is 22.7 Å². The fraction of sp³-hybridized carbons (Fsp3) is 0.281. The molecular weight excluding hydrogens is 585 g/mol. The first-order valence-electron chi connectivity index (χ1n) is 14.2. The topological polar surface area (TPSA) is 122 Å². The van der Waals surface area contributed by atoms with E-state index >= 15 is 0 Å². The van der Waals surface area contributed by atoms with E-state index in [9.17, 15) is 18.0 Å². The summed E-state index contributed by atoms with van der Waals surface area (Å²) in [6.45, 7) is 4.85. The van der Waals surface area contributed by atoms with Crippen LogP contribution < -0.4 is 15.8 Å². The Bertz CT molecular complexity index is 1710.